The number of rotatable bonds is 6. The Morgan fingerprint density at radius 1 is 1.17 bits per heavy atom. The van der Waals surface area contributed by atoms with E-state index >= 15 is 0 Å². The van der Waals surface area contributed by atoms with Crippen molar-refractivity contribution in [3.63, 3.8) is 0 Å². The second-order valence-electron chi connectivity index (χ2n) is 3.78. The molecular weight excluding hydrogens is 232 g/mol. The zero-order valence-electron chi connectivity index (χ0n) is 11.3. The molecule has 1 rings (SSSR count). The number of carbonyl (C=O) groups excluding carboxylic acids is 1. The van der Waals surface area contributed by atoms with Gasteiger partial charge in [0.1, 0.15) is 24.0 Å². The van der Waals surface area contributed by atoms with Gasteiger partial charge in [-0.15, -0.1) is 0 Å². The summed E-state index contributed by atoms with van der Waals surface area (Å²) in [5.74, 6) is 1.81. The van der Waals surface area contributed by atoms with E-state index in [1.54, 1.807) is 6.92 Å². The molecule has 6 nitrogen and oxygen atoms in total. The molecule has 1 aromatic heterocycles. The van der Waals surface area contributed by atoms with Gasteiger partial charge in [0.15, 0.2) is 0 Å². The molecule has 1 aromatic rings. The predicted octanol–water partition coefficient (Wildman–Crippen LogP) is 1.50. The molecule has 1 heterocycles. The lowest BCUT2D eigenvalue weighted by Crippen LogP contribution is -2.19. The van der Waals surface area contributed by atoms with E-state index in [0.29, 0.717) is 18.2 Å². The van der Waals surface area contributed by atoms with Crippen LogP contribution in [0.25, 0.3) is 0 Å². The van der Waals surface area contributed by atoms with E-state index in [2.05, 4.69) is 20.6 Å². The fourth-order valence-corrected chi connectivity index (χ4v) is 1.51. The van der Waals surface area contributed by atoms with Crippen LogP contribution in [0.15, 0.2) is 0 Å². The van der Waals surface area contributed by atoms with Gasteiger partial charge < -0.3 is 15.4 Å². The van der Waals surface area contributed by atoms with Gasteiger partial charge in [-0.3, -0.25) is 4.79 Å². The zero-order chi connectivity index (χ0) is 13.5. The lowest BCUT2D eigenvalue weighted by Gasteiger charge is -2.13. The fourth-order valence-electron chi connectivity index (χ4n) is 1.51. The standard InChI is InChI=1S/C12H20N4O2/c1-5-13-11-8(3)12(16-9(4)15-11)14-7-10(17)18-6-2/h5-7H2,1-4H3,(H2,13,14,15,16). The Hall–Kier alpha value is -1.85. The second-order valence-corrected chi connectivity index (χ2v) is 3.78. The smallest absolute Gasteiger partial charge is 0.325 e. The summed E-state index contributed by atoms with van der Waals surface area (Å²) in [6.45, 7) is 8.78. The maximum Gasteiger partial charge on any atom is 0.325 e. The number of hydrogen-bond donors (Lipinski definition) is 2. The normalized spacial score (nSPS) is 10.0. The Morgan fingerprint density at radius 3 is 2.33 bits per heavy atom. The first kappa shape index (κ1) is 14.2. The molecule has 2 N–H and O–H groups in total. The van der Waals surface area contributed by atoms with Crippen molar-refractivity contribution in [1.82, 2.24) is 9.97 Å². The van der Waals surface area contributed by atoms with E-state index in [1.807, 2.05) is 20.8 Å². The molecule has 0 saturated heterocycles. The van der Waals surface area contributed by atoms with Gasteiger partial charge >= 0.3 is 5.97 Å². The van der Waals surface area contributed by atoms with Crippen LogP contribution in [0, 0.1) is 13.8 Å². The molecule has 0 unspecified atom stereocenters. The Morgan fingerprint density at radius 2 is 1.78 bits per heavy atom. The molecule has 0 fully saturated rings. The van der Waals surface area contributed by atoms with Crippen molar-refractivity contribution >= 4 is 17.6 Å². The van der Waals surface area contributed by atoms with E-state index in [4.69, 9.17) is 4.74 Å². The van der Waals surface area contributed by atoms with Gasteiger partial charge in [-0.1, -0.05) is 0 Å². The summed E-state index contributed by atoms with van der Waals surface area (Å²) in [6.07, 6.45) is 0. The number of aryl methyl sites for hydroxylation is 1. The quantitative estimate of drug-likeness (QED) is 0.747. The molecule has 0 radical (unpaired) electrons. The first-order chi connectivity index (χ1) is 8.58. The molecule has 0 bridgehead atoms. The first-order valence-electron chi connectivity index (χ1n) is 6.07. The summed E-state index contributed by atoms with van der Waals surface area (Å²) in [6, 6.07) is 0. The summed E-state index contributed by atoms with van der Waals surface area (Å²) < 4.78 is 4.85. The highest BCUT2D eigenvalue weighted by molar-refractivity contribution is 5.75. The molecule has 0 aromatic carbocycles. The average molecular weight is 252 g/mol. The highest BCUT2D eigenvalue weighted by Crippen LogP contribution is 2.19. The van der Waals surface area contributed by atoms with Crippen molar-refractivity contribution in [1.29, 1.82) is 0 Å². The summed E-state index contributed by atoms with van der Waals surface area (Å²) in [4.78, 5) is 19.9. The van der Waals surface area contributed by atoms with Crippen LogP contribution in [0.3, 0.4) is 0 Å². The molecule has 0 atom stereocenters. The first-order valence-corrected chi connectivity index (χ1v) is 6.07. The topological polar surface area (TPSA) is 76.1 Å². The van der Waals surface area contributed by atoms with Gasteiger partial charge in [0.2, 0.25) is 0 Å². The summed E-state index contributed by atoms with van der Waals surface area (Å²) in [5.41, 5.74) is 0.895. The molecule has 6 heteroatoms. The molecule has 0 amide bonds. The van der Waals surface area contributed by atoms with Crippen LogP contribution in [-0.2, 0) is 9.53 Å². The van der Waals surface area contributed by atoms with E-state index < -0.39 is 0 Å². The molecule has 0 aliphatic rings. The number of nitrogens with one attached hydrogen (secondary N) is 2. The average Bonchev–Trinajstić information content (AvgIpc) is 2.32. The molecule has 0 saturated carbocycles. The molecule has 18 heavy (non-hydrogen) atoms. The SMILES string of the molecule is CCNc1nc(C)nc(NCC(=O)OCC)c1C. The van der Waals surface area contributed by atoms with Crippen LogP contribution in [0.1, 0.15) is 25.2 Å². The van der Waals surface area contributed by atoms with Crippen molar-refractivity contribution in [2.24, 2.45) is 0 Å². The van der Waals surface area contributed by atoms with Crippen LogP contribution in [0.2, 0.25) is 0 Å². The number of esters is 1. The monoisotopic (exact) mass is 252 g/mol. The predicted molar refractivity (Wildman–Crippen MR) is 70.8 cm³/mol. The number of aromatic nitrogens is 2. The van der Waals surface area contributed by atoms with Gasteiger partial charge in [-0.25, -0.2) is 9.97 Å². The van der Waals surface area contributed by atoms with E-state index in [-0.39, 0.29) is 12.5 Å². The maximum absolute atomic E-state index is 11.3. The molecule has 0 spiro atoms. The fraction of sp³-hybridized carbons (Fsp3) is 0.583. The van der Waals surface area contributed by atoms with Crippen molar-refractivity contribution < 1.29 is 9.53 Å². The molecular formula is C12H20N4O2. The Kier molecular flexibility index (Phi) is 5.35. The van der Waals surface area contributed by atoms with E-state index in [9.17, 15) is 4.79 Å². The summed E-state index contributed by atoms with van der Waals surface area (Å²) in [7, 11) is 0. The van der Waals surface area contributed by atoms with Gasteiger partial charge in [-0.2, -0.15) is 0 Å². The second kappa shape index (κ2) is 6.78. The van der Waals surface area contributed by atoms with Crippen LogP contribution < -0.4 is 10.6 Å². The van der Waals surface area contributed by atoms with Crippen LogP contribution in [0.4, 0.5) is 11.6 Å². The minimum Gasteiger partial charge on any atom is -0.465 e. The lowest BCUT2D eigenvalue weighted by atomic mass is 10.3. The summed E-state index contributed by atoms with van der Waals surface area (Å²) in [5, 5.41) is 6.13. The van der Waals surface area contributed by atoms with Gasteiger partial charge in [-0.05, 0) is 27.7 Å². The third-order valence-electron chi connectivity index (χ3n) is 2.31. The van der Waals surface area contributed by atoms with Crippen LogP contribution in [-0.4, -0.2) is 35.6 Å². The lowest BCUT2D eigenvalue weighted by molar-refractivity contribution is -0.140. The van der Waals surface area contributed by atoms with Gasteiger partial charge in [0.05, 0.1) is 6.61 Å². The molecule has 0 aliphatic heterocycles. The number of anilines is 2. The van der Waals surface area contributed by atoms with E-state index in [0.717, 1.165) is 17.9 Å². The van der Waals surface area contributed by atoms with E-state index in [1.165, 1.54) is 0 Å². The maximum atomic E-state index is 11.3. The Labute approximate surface area is 107 Å². The molecule has 100 valence electrons. The van der Waals surface area contributed by atoms with Crippen LogP contribution in [0.5, 0.6) is 0 Å². The van der Waals surface area contributed by atoms with Crippen LogP contribution >= 0.6 is 0 Å². The number of carbonyl (C=O) groups is 1. The third kappa shape index (κ3) is 3.87. The largest absolute Gasteiger partial charge is 0.465 e. The van der Waals surface area contributed by atoms with Crippen molar-refractivity contribution in [3.8, 4) is 0 Å². The third-order valence-corrected chi connectivity index (χ3v) is 2.31. The van der Waals surface area contributed by atoms with Gasteiger partial charge in [0.25, 0.3) is 0 Å². The Bertz CT molecular complexity index is 421. The number of ether oxygens (including phenoxy) is 1. The number of hydrogen-bond acceptors (Lipinski definition) is 6. The van der Waals surface area contributed by atoms with Gasteiger partial charge in [0, 0.05) is 12.1 Å². The van der Waals surface area contributed by atoms with Crippen molar-refractivity contribution in [2.45, 2.75) is 27.7 Å². The zero-order valence-corrected chi connectivity index (χ0v) is 11.3. The summed E-state index contributed by atoms with van der Waals surface area (Å²) >= 11 is 0. The Balaban J connectivity index is 2.78. The van der Waals surface area contributed by atoms with Crippen molar-refractivity contribution in [3.05, 3.63) is 11.4 Å². The highest BCUT2D eigenvalue weighted by atomic mass is 16.5. The highest BCUT2D eigenvalue weighted by Gasteiger charge is 2.10. The molecule has 0 aliphatic carbocycles. The number of nitrogens with zero attached hydrogens (tertiary/aromatic N) is 2. The minimum absolute atomic E-state index is 0.108. The minimum atomic E-state index is -0.293. The van der Waals surface area contributed by atoms with Crippen molar-refractivity contribution in [2.75, 3.05) is 30.3 Å².